The first-order valence-electron chi connectivity index (χ1n) is 11.7. The second kappa shape index (κ2) is 11.6. The molecule has 0 fully saturated rings. The molecule has 0 radical (unpaired) electrons. The van der Waals surface area contributed by atoms with Gasteiger partial charge in [-0.1, -0.05) is 6.07 Å². The van der Waals surface area contributed by atoms with Gasteiger partial charge in [0.2, 0.25) is 5.95 Å². The van der Waals surface area contributed by atoms with Gasteiger partial charge in [-0.3, -0.25) is 14.1 Å². The Bertz CT molecular complexity index is 1670. The Labute approximate surface area is 224 Å². The molecule has 8 nitrogen and oxygen atoms in total. The van der Waals surface area contributed by atoms with Crippen LogP contribution in [0.1, 0.15) is 24.1 Å². The maximum atomic E-state index is 14.9. The Kier molecular flexibility index (Phi) is 8.24. The number of halogens is 3. The zero-order valence-corrected chi connectivity index (χ0v) is 22.3. The largest absolute Gasteiger partial charge is 0.378 e. The van der Waals surface area contributed by atoms with Crippen molar-refractivity contribution in [3.8, 4) is 22.6 Å². The van der Waals surface area contributed by atoms with Crippen LogP contribution in [0.4, 0.5) is 18.9 Å². The van der Waals surface area contributed by atoms with E-state index in [1.54, 1.807) is 19.1 Å². The summed E-state index contributed by atoms with van der Waals surface area (Å²) in [5.41, 5.74) is 1.58. The van der Waals surface area contributed by atoms with Crippen molar-refractivity contribution in [2.45, 2.75) is 24.8 Å². The quantitative estimate of drug-likeness (QED) is 0.348. The zero-order valence-electron chi connectivity index (χ0n) is 21.5. The summed E-state index contributed by atoms with van der Waals surface area (Å²) in [5.74, 6) is -1.73. The molecule has 0 aliphatic rings. The summed E-state index contributed by atoms with van der Waals surface area (Å²) < 4.78 is 56.0. The normalized spacial score (nSPS) is 12.5. The molecule has 0 saturated heterocycles. The van der Waals surface area contributed by atoms with Crippen molar-refractivity contribution < 1.29 is 17.4 Å². The van der Waals surface area contributed by atoms with Gasteiger partial charge in [-0.25, -0.2) is 18.7 Å². The van der Waals surface area contributed by atoms with E-state index < -0.39 is 40.0 Å². The van der Waals surface area contributed by atoms with Gasteiger partial charge in [0.05, 0.1) is 38.8 Å². The van der Waals surface area contributed by atoms with Gasteiger partial charge in [-0.15, -0.1) is 0 Å². The molecule has 0 saturated carbocycles. The van der Waals surface area contributed by atoms with E-state index in [2.05, 4.69) is 25.5 Å². The van der Waals surface area contributed by atoms with E-state index in [1.165, 1.54) is 67.7 Å². The molecule has 3 aromatic heterocycles. The van der Waals surface area contributed by atoms with Gasteiger partial charge in [-0.2, -0.15) is 9.49 Å². The zero-order chi connectivity index (χ0) is 28.3. The van der Waals surface area contributed by atoms with Crippen LogP contribution in [-0.4, -0.2) is 35.2 Å². The van der Waals surface area contributed by atoms with Crippen molar-refractivity contribution in [2.24, 2.45) is 7.05 Å². The van der Waals surface area contributed by atoms with Crippen LogP contribution >= 0.6 is 0 Å². The van der Waals surface area contributed by atoms with E-state index in [0.717, 1.165) is 6.07 Å². The second-order valence-corrected chi connectivity index (χ2v) is 10.1. The van der Waals surface area contributed by atoms with Crippen molar-refractivity contribution in [3.63, 3.8) is 0 Å². The number of nitrogens with one attached hydrogen (secondary N) is 2. The molecule has 4 rings (SSSR count). The third kappa shape index (κ3) is 6.23. The van der Waals surface area contributed by atoms with Crippen molar-refractivity contribution in [1.82, 2.24) is 24.7 Å². The first-order chi connectivity index (χ1) is 18.5. The number of nitrogens with zero attached hydrogens (tertiary/aromatic N) is 4. The van der Waals surface area contributed by atoms with Crippen LogP contribution in [0.25, 0.3) is 22.6 Å². The lowest BCUT2D eigenvalue weighted by Gasteiger charge is -2.18. The van der Waals surface area contributed by atoms with E-state index in [1.807, 2.05) is 0 Å². The Balaban J connectivity index is 1.83. The van der Waals surface area contributed by atoms with E-state index in [0.29, 0.717) is 22.5 Å². The second-order valence-electron chi connectivity index (χ2n) is 8.79. The molecule has 4 aromatic rings. The molecule has 1 unspecified atom stereocenters. The van der Waals surface area contributed by atoms with Crippen LogP contribution in [0.3, 0.4) is 0 Å². The fourth-order valence-corrected chi connectivity index (χ4v) is 4.65. The van der Waals surface area contributed by atoms with Gasteiger partial charge in [-0.05, 0) is 55.8 Å². The van der Waals surface area contributed by atoms with Crippen molar-refractivity contribution in [1.29, 1.82) is 0 Å². The van der Waals surface area contributed by atoms with Gasteiger partial charge in [0.1, 0.15) is 11.6 Å². The Morgan fingerprint density at radius 2 is 1.72 bits per heavy atom. The molecule has 12 heteroatoms. The summed E-state index contributed by atoms with van der Waals surface area (Å²) >= 11 is 0. The molecule has 2 N–H and O–H groups in total. The molecular formula is C27H25F3N6O2S. The van der Waals surface area contributed by atoms with Crippen LogP contribution in [0, 0.1) is 24.5 Å². The van der Waals surface area contributed by atoms with Crippen LogP contribution in [0.2, 0.25) is 0 Å². The highest BCUT2D eigenvalue weighted by atomic mass is 32.2. The molecule has 202 valence electrons. The summed E-state index contributed by atoms with van der Waals surface area (Å²) in [6.45, 7) is 3.27. The lowest BCUT2D eigenvalue weighted by Crippen LogP contribution is -2.18. The number of H-pyrrole nitrogens is 1. The first-order valence-corrected chi connectivity index (χ1v) is 13.3. The number of anilines is 1. The highest BCUT2D eigenvalue weighted by molar-refractivity contribution is 7.84. The average Bonchev–Trinajstić information content (AvgIpc) is 3.33. The van der Waals surface area contributed by atoms with Gasteiger partial charge >= 0.3 is 0 Å². The predicted octanol–water partition coefficient (Wildman–Crippen LogP) is 4.99. The molecule has 1 aromatic carbocycles. The summed E-state index contributed by atoms with van der Waals surface area (Å²) in [6, 6.07) is 9.05. The molecule has 3 heterocycles. The van der Waals surface area contributed by atoms with Crippen LogP contribution < -0.4 is 10.9 Å². The minimum absolute atomic E-state index is 0.0977. The van der Waals surface area contributed by atoms with Crippen molar-refractivity contribution in [3.05, 3.63) is 100 Å². The fourth-order valence-electron chi connectivity index (χ4n) is 3.93. The number of rotatable bonds is 6. The minimum Gasteiger partial charge on any atom is -0.378 e. The number of hydrogen-bond donors (Lipinski definition) is 2. The van der Waals surface area contributed by atoms with Crippen LogP contribution in [0.15, 0.2) is 70.7 Å². The monoisotopic (exact) mass is 554 g/mol. The first kappa shape index (κ1) is 27.7. The smallest absolute Gasteiger partial charge is 0.253 e. The third-order valence-corrected chi connectivity index (χ3v) is 6.96. The Morgan fingerprint density at radius 3 is 2.36 bits per heavy atom. The lowest BCUT2D eigenvalue weighted by molar-refractivity contribution is 0.581. The maximum absolute atomic E-state index is 14.9. The number of aromatic amines is 1. The SMILES string of the molecule is Cc1cc(F)cc([C@@H](C)Nc2ccc(F)cc2S(C)=O)ccc(-c2cnc(-c3cn[nH]c3F)nc2)n(C)c1=O. The maximum Gasteiger partial charge on any atom is 0.253 e. The molecule has 0 spiro atoms. The van der Waals surface area contributed by atoms with E-state index in [-0.39, 0.29) is 21.8 Å². The summed E-state index contributed by atoms with van der Waals surface area (Å²) in [7, 11) is 0.0670. The van der Waals surface area contributed by atoms with Gasteiger partial charge in [0, 0.05) is 42.9 Å². The van der Waals surface area contributed by atoms with E-state index >= 15 is 0 Å². The predicted molar refractivity (Wildman–Crippen MR) is 143 cm³/mol. The Hall–Kier alpha value is -4.32. The number of hydrogen-bond acceptors (Lipinski definition) is 6. The molecule has 0 bridgehead atoms. The number of aromatic nitrogens is 5. The molecule has 2 atom stereocenters. The fraction of sp³-hybridized carbons (Fsp3) is 0.185. The average molecular weight is 555 g/mol. The standard InChI is InChI=1S/C27H25F3N6O2S/c1-15-9-20(29)10-17(16(2)34-22-7-6-19(28)11-24(22)39(4)38)5-8-23(36(3)27(15)37)18-12-31-26(32-13-18)21-14-33-35-25(21)30/h5-14,16,34H,1-4H3,(H,33,35)/t16-,39?/m1/s1. The highest BCUT2D eigenvalue weighted by Gasteiger charge is 2.14. The summed E-state index contributed by atoms with van der Waals surface area (Å²) in [6.07, 6.45) is 5.60. The minimum atomic E-state index is -1.47. The number of benzene rings is 1. The summed E-state index contributed by atoms with van der Waals surface area (Å²) in [5, 5.41) is 8.98. The van der Waals surface area contributed by atoms with Crippen LogP contribution in [0.5, 0.6) is 0 Å². The van der Waals surface area contributed by atoms with Crippen molar-refractivity contribution >= 4 is 16.5 Å². The summed E-state index contributed by atoms with van der Waals surface area (Å²) in [4.78, 5) is 21.7. The van der Waals surface area contributed by atoms with Gasteiger partial charge in [0.25, 0.3) is 5.56 Å². The van der Waals surface area contributed by atoms with Gasteiger partial charge in [0.15, 0.2) is 5.82 Å². The van der Waals surface area contributed by atoms with E-state index in [9.17, 15) is 22.2 Å². The lowest BCUT2D eigenvalue weighted by atomic mass is 10.1. The molecule has 39 heavy (non-hydrogen) atoms. The molecule has 0 amide bonds. The highest BCUT2D eigenvalue weighted by Crippen LogP contribution is 2.26. The molecular weight excluding hydrogens is 529 g/mol. The molecule has 0 aliphatic carbocycles. The number of aryl methyl sites for hydroxylation is 1. The van der Waals surface area contributed by atoms with Gasteiger partial charge < -0.3 is 9.88 Å². The van der Waals surface area contributed by atoms with E-state index in [4.69, 9.17) is 0 Å². The third-order valence-electron chi connectivity index (χ3n) is 6.00. The van der Waals surface area contributed by atoms with Crippen molar-refractivity contribution in [2.75, 3.05) is 11.6 Å². The van der Waals surface area contributed by atoms with Crippen LogP contribution in [-0.2, 0) is 17.8 Å². The topological polar surface area (TPSA) is 106 Å². The Morgan fingerprint density at radius 1 is 1.00 bits per heavy atom. The molecule has 0 aliphatic heterocycles.